The van der Waals surface area contributed by atoms with Crippen LogP contribution in [-0.2, 0) is 4.74 Å². The van der Waals surface area contributed by atoms with E-state index in [0.29, 0.717) is 23.0 Å². The minimum atomic E-state index is -0.611. The van der Waals surface area contributed by atoms with Gasteiger partial charge in [-0.3, -0.25) is 0 Å². The van der Waals surface area contributed by atoms with E-state index in [0.717, 1.165) is 87.2 Å². The molecule has 0 N–H and O–H groups in total. The number of unbranched alkanes of at least 4 members (excludes halogenated alkanes) is 6. The summed E-state index contributed by atoms with van der Waals surface area (Å²) in [5, 5.41) is 0. The topological polar surface area (TPSA) is 9.23 Å². The second-order valence-electron chi connectivity index (χ2n) is 18.9. The largest absolute Gasteiger partial charge is 0.365 e. The van der Waals surface area contributed by atoms with Crippen molar-refractivity contribution in [3.8, 4) is 0 Å². The summed E-state index contributed by atoms with van der Waals surface area (Å²) >= 11 is 0. The molecule has 1 nitrogen and oxygen atoms in total. The van der Waals surface area contributed by atoms with Gasteiger partial charge in [0.1, 0.15) is 23.3 Å². The standard InChI is InChI=1S/C50H74F4O/c1-3-5-7-9-11-35-13-17-37(18-14-35)39-21-25-41(26-22-39)49(45-31-29-43(51)33-47(45)53)55-50(46-32-30-44(52)34-48(46)54)42-27-23-40(24-28-42)38-19-15-36(16-20-38)12-10-8-6-4-2/h29-42,49-50H,3-28H2,1-2H3/t35-,36-,37-,38-,39-,40-,41-,42-,49?,50?. The second-order valence-corrected chi connectivity index (χ2v) is 18.9. The molecule has 0 aliphatic heterocycles. The van der Waals surface area contributed by atoms with E-state index >= 15 is 8.78 Å². The smallest absolute Gasteiger partial charge is 0.131 e. The Morgan fingerprint density at radius 2 is 0.800 bits per heavy atom. The molecule has 4 fully saturated rings. The fraction of sp³-hybridized carbons (Fsp3) is 0.760. The molecule has 0 aromatic heterocycles. The summed E-state index contributed by atoms with van der Waals surface area (Å²) in [6, 6.07) is 7.71. The fourth-order valence-electron chi connectivity index (χ4n) is 12.0. The van der Waals surface area contributed by atoms with Crippen LogP contribution in [0.15, 0.2) is 36.4 Å². The van der Waals surface area contributed by atoms with E-state index in [9.17, 15) is 8.78 Å². The van der Waals surface area contributed by atoms with Crippen molar-refractivity contribution in [2.24, 2.45) is 47.3 Å². The SMILES string of the molecule is CCCCCC[C@H]1CC[C@H]([C@H]2CC[C@H](C(OC(c3ccc(F)cc3F)[C@H]3CC[C@H]([C@H]4CC[C@H](CCCCCC)CC4)CC3)c3ccc(F)cc3F)CC2)CC1. The Hall–Kier alpha value is -1.88. The summed E-state index contributed by atoms with van der Waals surface area (Å²) < 4.78 is 67.2. The molecule has 6 rings (SSSR count). The van der Waals surface area contributed by atoms with E-state index in [4.69, 9.17) is 4.74 Å². The van der Waals surface area contributed by atoms with Crippen LogP contribution in [0.5, 0.6) is 0 Å². The first-order valence-electron chi connectivity index (χ1n) is 23.4. The molecular weight excluding hydrogens is 693 g/mol. The highest BCUT2D eigenvalue weighted by Gasteiger charge is 2.40. The lowest BCUT2D eigenvalue weighted by Gasteiger charge is -2.43. The third kappa shape index (κ3) is 12.1. The van der Waals surface area contributed by atoms with Gasteiger partial charge in [-0.15, -0.1) is 0 Å². The van der Waals surface area contributed by atoms with Crippen molar-refractivity contribution >= 4 is 0 Å². The fourth-order valence-corrected chi connectivity index (χ4v) is 12.0. The van der Waals surface area contributed by atoms with Gasteiger partial charge in [-0.1, -0.05) is 116 Å². The van der Waals surface area contributed by atoms with Gasteiger partial charge in [-0.2, -0.15) is 0 Å². The highest BCUT2D eigenvalue weighted by Crippen LogP contribution is 2.51. The van der Waals surface area contributed by atoms with Gasteiger partial charge in [0.2, 0.25) is 0 Å². The minimum absolute atomic E-state index is 0.0608. The van der Waals surface area contributed by atoms with Crippen molar-refractivity contribution in [1.82, 2.24) is 0 Å². The van der Waals surface area contributed by atoms with Crippen LogP contribution < -0.4 is 0 Å². The summed E-state index contributed by atoms with van der Waals surface area (Å²) in [4.78, 5) is 0. The van der Waals surface area contributed by atoms with Crippen molar-refractivity contribution < 1.29 is 22.3 Å². The Morgan fingerprint density at radius 1 is 0.455 bits per heavy atom. The van der Waals surface area contributed by atoms with Crippen LogP contribution in [0.1, 0.15) is 204 Å². The van der Waals surface area contributed by atoms with Gasteiger partial charge in [0, 0.05) is 23.3 Å². The number of hydrogen-bond acceptors (Lipinski definition) is 1. The zero-order chi connectivity index (χ0) is 38.6. The molecule has 4 aliphatic carbocycles. The van der Waals surface area contributed by atoms with E-state index in [1.807, 2.05) is 0 Å². The van der Waals surface area contributed by atoms with Gasteiger partial charge < -0.3 is 4.74 Å². The first-order chi connectivity index (χ1) is 26.8. The number of ether oxygens (including phenoxy) is 1. The predicted octanol–water partition coefficient (Wildman–Crippen LogP) is 16.2. The molecule has 0 radical (unpaired) electrons. The van der Waals surface area contributed by atoms with Crippen LogP contribution in [0.25, 0.3) is 0 Å². The lowest BCUT2D eigenvalue weighted by molar-refractivity contribution is -0.0959. The van der Waals surface area contributed by atoms with Crippen molar-refractivity contribution in [2.45, 2.75) is 193 Å². The molecule has 5 heteroatoms. The van der Waals surface area contributed by atoms with Crippen molar-refractivity contribution in [1.29, 1.82) is 0 Å². The third-order valence-electron chi connectivity index (χ3n) is 15.4. The average molecular weight is 767 g/mol. The molecule has 2 aromatic rings. The van der Waals surface area contributed by atoms with E-state index in [-0.39, 0.29) is 11.8 Å². The summed E-state index contributed by atoms with van der Waals surface area (Å²) in [7, 11) is 0. The molecule has 0 spiro atoms. The van der Waals surface area contributed by atoms with Gasteiger partial charge in [-0.25, -0.2) is 17.6 Å². The summed E-state index contributed by atoms with van der Waals surface area (Å²) in [6.45, 7) is 4.56. The van der Waals surface area contributed by atoms with Gasteiger partial charge >= 0.3 is 0 Å². The Balaban J connectivity index is 1.11. The molecule has 0 heterocycles. The van der Waals surface area contributed by atoms with Gasteiger partial charge in [0.25, 0.3) is 0 Å². The Bertz CT molecular complexity index is 1290. The summed E-state index contributed by atoms with van der Waals surface area (Å²) in [6.07, 6.45) is 31.2. The molecule has 0 saturated heterocycles. The molecule has 2 unspecified atom stereocenters. The molecule has 2 aromatic carbocycles. The maximum atomic E-state index is 15.8. The van der Waals surface area contributed by atoms with Gasteiger partial charge in [-0.05, 0) is 137 Å². The number of halogens is 4. The first kappa shape index (κ1) is 42.7. The normalized spacial score (nSPS) is 30.2. The molecule has 2 atom stereocenters. The van der Waals surface area contributed by atoms with Crippen molar-refractivity contribution in [3.63, 3.8) is 0 Å². The minimum Gasteiger partial charge on any atom is -0.365 e. The van der Waals surface area contributed by atoms with Crippen LogP contribution in [-0.4, -0.2) is 0 Å². The summed E-state index contributed by atoms with van der Waals surface area (Å²) in [5.74, 6) is 2.44. The zero-order valence-electron chi connectivity index (χ0n) is 34.5. The summed E-state index contributed by atoms with van der Waals surface area (Å²) in [5.41, 5.74) is 0.752. The van der Waals surface area contributed by atoms with E-state index in [1.54, 1.807) is 12.1 Å². The zero-order valence-corrected chi connectivity index (χ0v) is 34.5. The highest BCUT2D eigenvalue weighted by atomic mass is 19.1. The number of hydrogen-bond donors (Lipinski definition) is 0. The van der Waals surface area contributed by atoms with E-state index < -0.39 is 35.5 Å². The maximum Gasteiger partial charge on any atom is 0.131 e. The Kier molecular flexibility index (Phi) is 16.9. The molecule has 0 bridgehead atoms. The first-order valence-corrected chi connectivity index (χ1v) is 23.4. The maximum absolute atomic E-state index is 15.8. The van der Waals surface area contributed by atoms with Crippen LogP contribution >= 0.6 is 0 Å². The van der Waals surface area contributed by atoms with Crippen LogP contribution in [0.4, 0.5) is 17.6 Å². The van der Waals surface area contributed by atoms with Gasteiger partial charge in [0.15, 0.2) is 0 Å². The molecular formula is C50H74F4O. The van der Waals surface area contributed by atoms with Gasteiger partial charge in [0.05, 0.1) is 12.2 Å². The van der Waals surface area contributed by atoms with E-state index in [2.05, 4.69) is 13.8 Å². The van der Waals surface area contributed by atoms with Crippen molar-refractivity contribution in [3.05, 3.63) is 70.8 Å². The van der Waals surface area contributed by atoms with Crippen LogP contribution in [0.3, 0.4) is 0 Å². The lowest BCUT2D eigenvalue weighted by Crippen LogP contribution is -2.32. The van der Waals surface area contributed by atoms with Crippen molar-refractivity contribution in [2.75, 3.05) is 0 Å². The van der Waals surface area contributed by atoms with Crippen LogP contribution in [0.2, 0.25) is 0 Å². The second kappa shape index (κ2) is 21.8. The quantitative estimate of drug-likeness (QED) is 0.108. The lowest BCUT2D eigenvalue weighted by atomic mass is 9.67. The van der Waals surface area contributed by atoms with E-state index in [1.165, 1.54) is 128 Å². The Labute approximate surface area is 332 Å². The Morgan fingerprint density at radius 3 is 1.13 bits per heavy atom. The molecule has 0 amide bonds. The molecule has 55 heavy (non-hydrogen) atoms. The average Bonchev–Trinajstić information content (AvgIpc) is 3.20. The molecule has 4 aliphatic rings. The predicted molar refractivity (Wildman–Crippen MR) is 219 cm³/mol. The molecule has 4 saturated carbocycles. The molecule has 308 valence electrons. The third-order valence-corrected chi connectivity index (χ3v) is 15.4. The highest BCUT2D eigenvalue weighted by molar-refractivity contribution is 5.25. The monoisotopic (exact) mass is 767 g/mol. The van der Waals surface area contributed by atoms with Crippen LogP contribution in [0, 0.1) is 70.6 Å². The number of rotatable bonds is 18. The number of benzene rings is 2.